The van der Waals surface area contributed by atoms with Crippen molar-refractivity contribution in [2.45, 2.75) is 6.10 Å². The Morgan fingerprint density at radius 1 is 1.50 bits per heavy atom. The molecule has 2 rings (SSSR count). The maximum Gasteiger partial charge on any atom is 0.337 e. The van der Waals surface area contributed by atoms with Crippen molar-refractivity contribution in [3.8, 4) is 5.75 Å². The SMILES string of the molecule is COC(=O)c1ccc([N+](=O)[O-])c(OC2COC2)c1. The summed E-state index contributed by atoms with van der Waals surface area (Å²) in [6, 6.07) is 3.86. The number of methoxy groups -OCH3 is 1. The Bertz CT molecular complexity index is 482. The Balaban J connectivity index is 2.30. The summed E-state index contributed by atoms with van der Waals surface area (Å²) < 4.78 is 14.9. The molecule has 1 saturated heterocycles. The van der Waals surface area contributed by atoms with Crippen LogP contribution in [0, 0.1) is 10.1 Å². The molecule has 0 amide bonds. The second kappa shape index (κ2) is 5.01. The second-order valence-corrected chi connectivity index (χ2v) is 3.71. The maximum absolute atomic E-state index is 11.3. The zero-order valence-electron chi connectivity index (χ0n) is 9.62. The number of nitro groups is 1. The lowest BCUT2D eigenvalue weighted by atomic mass is 10.2. The molecule has 0 atom stereocenters. The lowest BCUT2D eigenvalue weighted by Crippen LogP contribution is -2.38. The first-order chi connectivity index (χ1) is 8.61. The average molecular weight is 253 g/mol. The quantitative estimate of drug-likeness (QED) is 0.454. The largest absolute Gasteiger partial charge is 0.479 e. The van der Waals surface area contributed by atoms with E-state index >= 15 is 0 Å². The highest BCUT2D eigenvalue weighted by molar-refractivity contribution is 5.90. The number of hydrogen-bond donors (Lipinski definition) is 0. The van der Waals surface area contributed by atoms with Crippen molar-refractivity contribution in [3.05, 3.63) is 33.9 Å². The van der Waals surface area contributed by atoms with Crippen molar-refractivity contribution in [1.82, 2.24) is 0 Å². The predicted octanol–water partition coefficient (Wildman–Crippen LogP) is 1.16. The Labute approximate surface area is 102 Å². The standard InChI is InChI=1S/C11H11NO6/c1-16-11(13)7-2-3-9(12(14)15)10(4-7)18-8-5-17-6-8/h2-4,8H,5-6H2,1H3. The van der Waals surface area contributed by atoms with Crippen LogP contribution in [0.3, 0.4) is 0 Å². The number of ether oxygens (including phenoxy) is 3. The molecule has 18 heavy (non-hydrogen) atoms. The van der Waals surface area contributed by atoms with Gasteiger partial charge in [0, 0.05) is 12.1 Å². The van der Waals surface area contributed by atoms with Crippen molar-refractivity contribution in [2.24, 2.45) is 0 Å². The van der Waals surface area contributed by atoms with Gasteiger partial charge in [0.25, 0.3) is 0 Å². The molecule has 0 N–H and O–H groups in total. The molecule has 0 spiro atoms. The van der Waals surface area contributed by atoms with E-state index in [0.29, 0.717) is 13.2 Å². The number of nitro benzene ring substituents is 1. The Kier molecular flexibility index (Phi) is 3.42. The summed E-state index contributed by atoms with van der Waals surface area (Å²) in [5.41, 5.74) is 0.0212. The van der Waals surface area contributed by atoms with Gasteiger partial charge in [-0.15, -0.1) is 0 Å². The van der Waals surface area contributed by atoms with E-state index in [4.69, 9.17) is 9.47 Å². The topological polar surface area (TPSA) is 87.9 Å². The fourth-order valence-corrected chi connectivity index (χ4v) is 1.47. The third-order valence-corrected chi connectivity index (χ3v) is 2.48. The number of hydrogen-bond acceptors (Lipinski definition) is 6. The smallest absolute Gasteiger partial charge is 0.337 e. The van der Waals surface area contributed by atoms with E-state index in [1.807, 2.05) is 0 Å². The van der Waals surface area contributed by atoms with E-state index in [9.17, 15) is 14.9 Å². The number of nitrogens with zero attached hydrogens (tertiary/aromatic N) is 1. The molecule has 1 aliphatic rings. The molecular formula is C11H11NO6. The van der Waals surface area contributed by atoms with Crippen LogP contribution in [-0.2, 0) is 9.47 Å². The van der Waals surface area contributed by atoms with Gasteiger partial charge in [-0.25, -0.2) is 4.79 Å². The number of carbonyl (C=O) groups is 1. The molecule has 0 radical (unpaired) electrons. The summed E-state index contributed by atoms with van der Waals surface area (Å²) >= 11 is 0. The third kappa shape index (κ3) is 2.40. The molecule has 1 fully saturated rings. The molecular weight excluding hydrogens is 242 g/mol. The minimum Gasteiger partial charge on any atom is -0.479 e. The lowest BCUT2D eigenvalue weighted by Gasteiger charge is -2.26. The minimum absolute atomic E-state index is 0.0520. The van der Waals surface area contributed by atoms with Crippen LogP contribution >= 0.6 is 0 Å². The third-order valence-electron chi connectivity index (χ3n) is 2.48. The van der Waals surface area contributed by atoms with Crippen molar-refractivity contribution in [1.29, 1.82) is 0 Å². The predicted molar refractivity (Wildman–Crippen MR) is 59.7 cm³/mol. The van der Waals surface area contributed by atoms with Crippen LogP contribution in [0.15, 0.2) is 18.2 Å². The summed E-state index contributed by atoms with van der Waals surface area (Å²) in [7, 11) is 1.24. The number of esters is 1. The molecule has 7 heteroatoms. The lowest BCUT2D eigenvalue weighted by molar-refractivity contribution is -0.386. The van der Waals surface area contributed by atoms with E-state index in [0.717, 1.165) is 0 Å². The maximum atomic E-state index is 11.3. The van der Waals surface area contributed by atoms with E-state index in [1.54, 1.807) is 0 Å². The molecule has 1 heterocycles. The van der Waals surface area contributed by atoms with Crippen LogP contribution < -0.4 is 4.74 Å². The Morgan fingerprint density at radius 2 is 2.22 bits per heavy atom. The summed E-state index contributed by atoms with van der Waals surface area (Å²) in [6.07, 6.45) is -0.211. The van der Waals surface area contributed by atoms with Gasteiger partial charge in [-0.1, -0.05) is 0 Å². The Morgan fingerprint density at radius 3 is 2.72 bits per heavy atom. The van der Waals surface area contributed by atoms with Gasteiger partial charge < -0.3 is 14.2 Å². The monoisotopic (exact) mass is 253 g/mol. The first-order valence-electron chi connectivity index (χ1n) is 5.23. The fourth-order valence-electron chi connectivity index (χ4n) is 1.47. The summed E-state index contributed by atoms with van der Waals surface area (Å²) in [5.74, 6) is -0.518. The zero-order valence-corrected chi connectivity index (χ0v) is 9.62. The van der Waals surface area contributed by atoms with Crippen molar-refractivity contribution in [2.75, 3.05) is 20.3 Å². The summed E-state index contributed by atoms with van der Waals surface area (Å²) in [4.78, 5) is 21.6. The van der Waals surface area contributed by atoms with E-state index in [1.165, 1.54) is 25.3 Å². The van der Waals surface area contributed by atoms with Crippen molar-refractivity contribution >= 4 is 11.7 Å². The second-order valence-electron chi connectivity index (χ2n) is 3.71. The highest BCUT2D eigenvalue weighted by Gasteiger charge is 2.25. The molecule has 0 unspecified atom stereocenters. The van der Waals surface area contributed by atoms with Gasteiger partial charge in [-0.2, -0.15) is 0 Å². The zero-order chi connectivity index (χ0) is 13.1. The van der Waals surface area contributed by atoms with Crippen molar-refractivity contribution in [3.63, 3.8) is 0 Å². The van der Waals surface area contributed by atoms with Gasteiger partial charge in [-0.05, 0) is 6.07 Å². The Hall–Kier alpha value is -2.15. The van der Waals surface area contributed by atoms with Gasteiger partial charge in [-0.3, -0.25) is 10.1 Å². The van der Waals surface area contributed by atoms with Crippen molar-refractivity contribution < 1.29 is 23.9 Å². The number of benzene rings is 1. The van der Waals surface area contributed by atoms with E-state index in [2.05, 4.69) is 4.74 Å². The van der Waals surface area contributed by atoms with Gasteiger partial charge in [0.2, 0.25) is 0 Å². The van der Waals surface area contributed by atoms with E-state index < -0.39 is 10.9 Å². The summed E-state index contributed by atoms with van der Waals surface area (Å²) in [5, 5.41) is 10.8. The van der Waals surface area contributed by atoms with Gasteiger partial charge >= 0.3 is 11.7 Å². The molecule has 1 aromatic carbocycles. The molecule has 1 aromatic rings. The normalized spacial score (nSPS) is 14.7. The molecule has 0 saturated carbocycles. The fraction of sp³-hybridized carbons (Fsp3) is 0.364. The van der Waals surface area contributed by atoms with Gasteiger partial charge in [0.15, 0.2) is 5.75 Å². The van der Waals surface area contributed by atoms with Gasteiger partial charge in [0.05, 0.1) is 30.8 Å². The number of rotatable bonds is 4. The molecule has 0 bridgehead atoms. The molecule has 96 valence electrons. The molecule has 0 aromatic heterocycles. The van der Waals surface area contributed by atoms with Crippen LogP contribution in [0.4, 0.5) is 5.69 Å². The highest BCUT2D eigenvalue weighted by Crippen LogP contribution is 2.30. The minimum atomic E-state index is -0.570. The molecule has 7 nitrogen and oxygen atoms in total. The van der Waals surface area contributed by atoms with Crippen LogP contribution in [-0.4, -0.2) is 37.3 Å². The number of carbonyl (C=O) groups excluding carboxylic acids is 1. The first kappa shape index (κ1) is 12.3. The molecule has 1 aliphatic heterocycles. The summed E-state index contributed by atoms with van der Waals surface area (Å²) in [6.45, 7) is 0.777. The first-order valence-corrected chi connectivity index (χ1v) is 5.23. The van der Waals surface area contributed by atoms with Gasteiger partial charge in [0.1, 0.15) is 6.10 Å². The van der Waals surface area contributed by atoms with Crippen LogP contribution in [0.2, 0.25) is 0 Å². The van der Waals surface area contributed by atoms with Crippen LogP contribution in [0.5, 0.6) is 5.75 Å². The van der Waals surface area contributed by atoms with E-state index in [-0.39, 0.29) is 23.1 Å². The molecule has 0 aliphatic carbocycles. The van der Waals surface area contributed by atoms with Crippen LogP contribution in [0.25, 0.3) is 0 Å². The average Bonchev–Trinajstić information content (AvgIpc) is 2.32. The van der Waals surface area contributed by atoms with Crippen LogP contribution in [0.1, 0.15) is 10.4 Å². The highest BCUT2D eigenvalue weighted by atomic mass is 16.6.